The first-order chi connectivity index (χ1) is 30.7. The van der Waals surface area contributed by atoms with E-state index in [0.717, 1.165) is 44.9 Å². The molecule has 0 bridgehead atoms. The van der Waals surface area contributed by atoms with Gasteiger partial charge < -0.3 is 9.13 Å². The number of benzene rings is 9. The third-order valence-corrected chi connectivity index (χ3v) is 12.2. The van der Waals surface area contributed by atoms with Gasteiger partial charge in [-0.15, -0.1) is 0 Å². The van der Waals surface area contributed by atoms with Crippen LogP contribution in [0.3, 0.4) is 0 Å². The van der Waals surface area contributed by atoms with Crippen molar-refractivity contribution in [2.75, 3.05) is 0 Å². The standard InChI is InChI=1S/C58H38N4/c1-4-14-41(15-5-1)52-38-53(60-58(59-52)43-16-6-2-7-17-43)42-26-24-39(25-27-42)40-28-32-47(33-29-40)62-55-23-13-11-21-49(55)51-37-45(31-35-57(51)62)44-30-34-56-50(36-44)48-20-10-12-22-54(48)61(56)46-18-8-3-9-19-46/h1-38H. The SMILES string of the molecule is c1ccc(-c2cc(-c3ccc(-c4ccc(-n5c6ccccc6c6cc(-c7ccc8c(c7)c7ccccc7n8-c7ccccc7)ccc65)cc4)cc3)nc(-c3ccccc3)n2)cc1. The number of aromatic nitrogens is 4. The Balaban J connectivity index is 0.883. The largest absolute Gasteiger partial charge is 0.309 e. The maximum atomic E-state index is 5.03. The van der Waals surface area contributed by atoms with Crippen molar-refractivity contribution < 1.29 is 0 Å². The molecule has 290 valence electrons. The topological polar surface area (TPSA) is 35.6 Å². The minimum atomic E-state index is 0.716. The summed E-state index contributed by atoms with van der Waals surface area (Å²) in [6.07, 6.45) is 0. The van der Waals surface area contributed by atoms with Crippen molar-refractivity contribution in [3.05, 3.63) is 231 Å². The van der Waals surface area contributed by atoms with Crippen LogP contribution in [0.25, 0.3) is 111 Å². The van der Waals surface area contributed by atoms with Crippen molar-refractivity contribution in [3.8, 4) is 67.5 Å². The van der Waals surface area contributed by atoms with Crippen LogP contribution in [-0.2, 0) is 0 Å². The number of hydrogen-bond acceptors (Lipinski definition) is 2. The Morgan fingerprint density at radius 1 is 0.242 bits per heavy atom. The smallest absolute Gasteiger partial charge is 0.160 e. The van der Waals surface area contributed by atoms with Crippen LogP contribution in [0, 0.1) is 0 Å². The Morgan fingerprint density at radius 2 is 0.613 bits per heavy atom. The van der Waals surface area contributed by atoms with Crippen LogP contribution in [0.15, 0.2) is 231 Å². The summed E-state index contributed by atoms with van der Waals surface area (Å²) in [5.41, 5.74) is 16.7. The fourth-order valence-electron chi connectivity index (χ4n) is 9.14. The van der Waals surface area contributed by atoms with Gasteiger partial charge in [0.05, 0.1) is 33.5 Å². The molecule has 0 saturated carbocycles. The molecular weight excluding hydrogens is 753 g/mol. The zero-order valence-electron chi connectivity index (χ0n) is 33.7. The molecule has 12 aromatic rings. The lowest BCUT2D eigenvalue weighted by Gasteiger charge is -2.11. The predicted octanol–water partition coefficient (Wildman–Crippen LogP) is 15.0. The first kappa shape index (κ1) is 35.6. The first-order valence-corrected chi connectivity index (χ1v) is 21.1. The Kier molecular flexibility index (Phi) is 8.46. The van der Waals surface area contributed by atoms with Gasteiger partial charge in [0.25, 0.3) is 0 Å². The van der Waals surface area contributed by atoms with E-state index < -0.39 is 0 Å². The number of nitrogens with zero attached hydrogens (tertiary/aromatic N) is 4. The molecule has 0 spiro atoms. The summed E-state index contributed by atoms with van der Waals surface area (Å²) in [6.45, 7) is 0. The summed E-state index contributed by atoms with van der Waals surface area (Å²) < 4.78 is 4.76. The van der Waals surface area contributed by atoms with Gasteiger partial charge in [-0.25, -0.2) is 9.97 Å². The maximum absolute atomic E-state index is 5.03. The Labute approximate surface area is 359 Å². The highest BCUT2D eigenvalue weighted by atomic mass is 15.0. The van der Waals surface area contributed by atoms with Crippen LogP contribution in [0.5, 0.6) is 0 Å². The van der Waals surface area contributed by atoms with Gasteiger partial charge in [-0.05, 0) is 89.0 Å². The molecule has 9 aromatic carbocycles. The van der Waals surface area contributed by atoms with Crippen LogP contribution in [0.4, 0.5) is 0 Å². The van der Waals surface area contributed by atoms with E-state index in [0.29, 0.717) is 5.82 Å². The molecule has 0 aliphatic rings. The zero-order chi connectivity index (χ0) is 41.0. The van der Waals surface area contributed by atoms with Crippen molar-refractivity contribution in [3.63, 3.8) is 0 Å². The van der Waals surface area contributed by atoms with E-state index in [1.165, 1.54) is 60.4 Å². The van der Waals surface area contributed by atoms with E-state index in [-0.39, 0.29) is 0 Å². The quantitative estimate of drug-likeness (QED) is 0.161. The molecule has 0 fully saturated rings. The molecule has 12 rings (SSSR count). The summed E-state index contributed by atoms with van der Waals surface area (Å²) >= 11 is 0. The molecule has 0 amide bonds. The Hall–Kier alpha value is -8.34. The highest BCUT2D eigenvalue weighted by Crippen LogP contribution is 2.39. The fourth-order valence-corrected chi connectivity index (χ4v) is 9.14. The fraction of sp³-hybridized carbons (Fsp3) is 0. The zero-order valence-corrected chi connectivity index (χ0v) is 33.7. The second kappa shape index (κ2) is 14.7. The summed E-state index contributed by atoms with van der Waals surface area (Å²) in [5, 5.41) is 4.98. The monoisotopic (exact) mass is 790 g/mol. The summed E-state index contributed by atoms with van der Waals surface area (Å²) in [7, 11) is 0. The van der Waals surface area contributed by atoms with E-state index in [1.807, 2.05) is 36.4 Å². The van der Waals surface area contributed by atoms with Gasteiger partial charge in [-0.2, -0.15) is 0 Å². The highest BCUT2D eigenvalue weighted by Gasteiger charge is 2.17. The number of para-hydroxylation sites is 3. The molecule has 0 saturated heterocycles. The molecule has 4 heteroatoms. The maximum Gasteiger partial charge on any atom is 0.160 e. The molecule has 0 aliphatic heterocycles. The van der Waals surface area contributed by atoms with E-state index in [1.54, 1.807) is 0 Å². The Morgan fingerprint density at radius 3 is 1.15 bits per heavy atom. The van der Waals surface area contributed by atoms with Crippen LogP contribution in [-0.4, -0.2) is 19.1 Å². The molecule has 62 heavy (non-hydrogen) atoms. The third-order valence-electron chi connectivity index (χ3n) is 12.2. The molecule has 0 aliphatic carbocycles. The number of fused-ring (bicyclic) bond motifs is 6. The van der Waals surface area contributed by atoms with Crippen LogP contribution < -0.4 is 0 Å². The average Bonchev–Trinajstić information content (AvgIpc) is 3.87. The minimum Gasteiger partial charge on any atom is -0.309 e. The van der Waals surface area contributed by atoms with E-state index in [4.69, 9.17) is 9.97 Å². The van der Waals surface area contributed by atoms with Crippen molar-refractivity contribution in [1.29, 1.82) is 0 Å². The van der Waals surface area contributed by atoms with E-state index in [2.05, 4.69) is 203 Å². The second-order valence-electron chi connectivity index (χ2n) is 15.8. The number of rotatable bonds is 7. The predicted molar refractivity (Wildman–Crippen MR) is 258 cm³/mol. The molecule has 0 atom stereocenters. The van der Waals surface area contributed by atoms with Crippen molar-refractivity contribution in [2.45, 2.75) is 0 Å². The average molecular weight is 791 g/mol. The van der Waals surface area contributed by atoms with Crippen LogP contribution >= 0.6 is 0 Å². The summed E-state index contributed by atoms with van der Waals surface area (Å²) in [5.74, 6) is 0.716. The lowest BCUT2D eigenvalue weighted by Crippen LogP contribution is -1.96. The van der Waals surface area contributed by atoms with Gasteiger partial charge in [0.15, 0.2) is 5.82 Å². The normalized spacial score (nSPS) is 11.5. The molecule has 0 radical (unpaired) electrons. The third kappa shape index (κ3) is 6.08. The van der Waals surface area contributed by atoms with Crippen molar-refractivity contribution in [1.82, 2.24) is 19.1 Å². The van der Waals surface area contributed by atoms with Gasteiger partial charge in [0.2, 0.25) is 0 Å². The van der Waals surface area contributed by atoms with Gasteiger partial charge in [0.1, 0.15) is 0 Å². The van der Waals surface area contributed by atoms with E-state index in [9.17, 15) is 0 Å². The van der Waals surface area contributed by atoms with Crippen LogP contribution in [0.2, 0.25) is 0 Å². The highest BCUT2D eigenvalue weighted by molar-refractivity contribution is 6.12. The number of hydrogen-bond donors (Lipinski definition) is 0. The molecule has 4 nitrogen and oxygen atoms in total. The second-order valence-corrected chi connectivity index (χ2v) is 15.8. The first-order valence-electron chi connectivity index (χ1n) is 21.1. The Bertz CT molecular complexity index is 3530. The van der Waals surface area contributed by atoms with Gasteiger partial charge in [-0.3, -0.25) is 0 Å². The van der Waals surface area contributed by atoms with Crippen LogP contribution in [0.1, 0.15) is 0 Å². The summed E-state index contributed by atoms with van der Waals surface area (Å²) in [6, 6.07) is 82.2. The lowest BCUT2D eigenvalue weighted by atomic mass is 10.0. The van der Waals surface area contributed by atoms with E-state index >= 15 is 0 Å². The molecule has 3 heterocycles. The molecule has 0 unspecified atom stereocenters. The van der Waals surface area contributed by atoms with Crippen molar-refractivity contribution in [2.24, 2.45) is 0 Å². The molecular formula is C58H38N4. The molecule has 3 aromatic heterocycles. The minimum absolute atomic E-state index is 0.716. The van der Waals surface area contributed by atoms with Gasteiger partial charge in [0, 0.05) is 49.6 Å². The van der Waals surface area contributed by atoms with Gasteiger partial charge in [-0.1, -0.05) is 164 Å². The summed E-state index contributed by atoms with van der Waals surface area (Å²) in [4.78, 5) is 10.00. The van der Waals surface area contributed by atoms with Gasteiger partial charge >= 0.3 is 0 Å². The lowest BCUT2D eigenvalue weighted by molar-refractivity contribution is 1.18. The van der Waals surface area contributed by atoms with Crippen molar-refractivity contribution >= 4 is 43.6 Å². The molecule has 0 N–H and O–H groups in total.